The second-order valence-electron chi connectivity index (χ2n) is 4.19. The normalized spacial score (nSPS) is 11.8. The largest absolute Gasteiger partial charge is 0.417 e. The first kappa shape index (κ1) is 16.9. The van der Waals surface area contributed by atoms with Crippen molar-refractivity contribution in [2.45, 2.75) is 11.5 Å². The molecule has 0 fully saturated rings. The summed E-state index contributed by atoms with van der Waals surface area (Å²) in [6.45, 7) is 0. The van der Waals surface area contributed by atoms with Gasteiger partial charge in [0.15, 0.2) is 0 Å². The van der Waals surface area contributed by atoms with E-state index in [1.54, 1.807) is 6.07 Å². The van der Waals surface area contributed by atoms with Gasteiger partial charge in [-0.15, -0.1) is 0 Å². The fourth-order valence-corrected chi connectivity index (χ4v) is 3.08. The van der Waals surface area contributed by atoms with Crippen LogP contribution in [0.15, 0.2) is 30.3 Å². The van der Waals surface area contributed by atoms with Gasteiger partial charge >= 0.3 is 6.18 Å². The first-order chi connectivity index (χ1) is 9.77. The van der Waals surface area contributed by atoms with Crippen molar-refractivity contribution in [3.63, 3.8) is 0 Å². The van der Waals surface area contributed by atoms with Crippen molar-refractivity contribution in [2.24, 2.45) is 0 Å². The fourth-order valence-electron chi connectivity index (χ4n) is 1.98. The van der Waals surface area contributed by atoms with Crippen LogP contribution in [0.1, 0.15) is 11.1 Å². The minimum atomic E-state index is -4.50. The molecule has 0 unspecified atom stereocenters. The van der Waals surface area contributed by atoms with E-state index in [1.165, 1.54) is 18.2 Å². The molecule has 7 heteroatoms. The van der Waals surface area contributed by atoms with Gasteiger partial charge in [-0.3, -0.25) is 0 Å². The molecule has 0 aliphatic carbocycles. The first-order valence-corrected chi connectivity index (χ1v) is 7.91. The number of hydrogen-bond donors (Lipinski definition) is 0. The summed E-state index contributed by atoms with van der Waals surface area (Å²) in [6.07, 6.45) is -4.50. The van der Waals surface area contributed by atoms with Crippen molar-refractivity contribution in [2.75, 3.05) is 0 Å². The van der Waals surface area contributed by atoms with Gasteiger partial charge in [-0.1, -0.05) is 68.9 Å². The van der Waals surface area contributed by atoms with Crippen molar-refractivity contribution < 1.29 is 13.2 Å². The van der Waals surface area contributed by atoms with Crippen molar-refractivity contribution in [1.82, 2.24) is 0 Å². The van der Waals surface area contributed by atoms with E-state index in [0.29, 0.717) is 5.56 Å². The molecule has 0 radical (unpaired) electrons. The number of hydrogen-bond acceptors (Lipinski definition) is 0. The Morgan fingerprint density at radius 2 is 1.62 bits per heavy atom. The third kappa shape index (κ3) is 3.34. The molecule has 0 amide bonds. The second kappa shape index (κ2) is 6.37. The molecule has 2 aromatic carbocycles. The highest BCUT2D eigenvalue weighted by Gasteiger charge is 2.35. The molecule has 0 bridgehead atoms. The van der Waals surface area contributed by atoms with Crippen LogP contribution in [0.2, 0.25) is 15.1 Å². The number of benzene rings is 2. The van der Waals surface area contributed by atoms with E-state index in [0.717, 1.165) is 6.07 Å². The third-order valence-electron chi connectivity index (χ3n) is 2.90. The van der Waals surface area contributed by atoms with Gasteiger partial charge in [0.1, 0.15) is 0 Å². The van der Waals surface area contributed by atoms with Crippen molar-refractivity contribution in [1.29, 1.82) is 0 Å². The van der Waals surface area contributed by atoms with Crippen LogP contribution in [-0.2, 0) is 11.5 Å². The Bertz CT molecular complexity index is 684. The Morgan fingerprint density at radius 3 is 2.19 bits per heavy atom. The Kier molecular flexibility index (Phi) is 5.14. The van der Waals surface area contributed by atoms with Gasteiger partial charge < -0.3 is 0 Å². The Morgan fingerprint density at radius 1 is 0.952 bits per heavy atom. The molecule has 0 atom stereocenters. The van der Waals surface area contributed by atoms with Crippen LogP contribution < -0.4 is 0 Å². The van der Waals surface area contributed by atoms with E-state index < -0.39 is 11.7 Å². The predicted molar refractivity (Wildman–Crippen MR) is 84.5 cm³/mol. The Balaban J connectivity index is 2.83. The molecule has 0 aliphatic rings. The smallest absolute Gasteiger partial charge is 0.166 e. The average molecular weight is 418 g/mol. The van der Waals surface area contributed by atoms with Gasteiger partial charge in [-0.25, -0.2) is 0 Å². The lowest BCUT2D eigenvalue weighted by atomic mass is 9.94. The van der Waals surface area contributed by atoms with Gasteiger partial charge in [-0.2, -0.15) is 13.2 Å². The zero-order valence-electron chi connectivity index (χ0n) is 10.2. The molecule has 0 aliphatic heterocycles. The lowest BCUT2D eigenvalue weighted by Crippen LogP contribution is -2.09. The summed E-state index contributed by atoms with van der Waals surface area (Å²) in [5, 5.41) is 0.481. The molecule has 0 heterocycles. The lowest BCUT2D eigenvalue weighted by molar-refractivity contribution is -0.137. The van der Waals surface area contributed by atoms with Crippen molar-refractivity contribution in [3.8, 4) is 11.1 Å². The molecule has 21 heavy (non-hydrogen) atoms. The molecule has 0 saturated heterocycles. The molecule has 0 N–H and O–H groups in total. The molecular weight excluding hydrogens is 411 g/mol. The maximum Gasteiger partial charge on any atom is 0.417 e. The minimum absolute atomic E-state index is 0.00284. The van der Waals surface area contributed by atoms with Crippen LogP contribution in [0.4, 0.5) is 13.2 Å². The summed E-state index contributed by atoms with van der Waals surface area (Å²) in [7, 11) is 0. The highest BCUT2D eigenvalue weighted by atomic mass is 79.9. The average Bonchev–Trinajstić information content (AvgIpc) is 2.43. The van der Waals surface area contributed by atoms with Gasteiger partial charge in [-0.05, 0) is 23.3 Å². The summed E-state index contributed by atoms with van der Waals surface area (Å²) >= 11 is 21.0. The molecule has 0 nitrogen and oxygen atoms in total. The molecule has 2 aromatic rings. The van der Waals surface area contributed by atoms with Crippen LogP contribution in [0.25, 0.3) is 11.1 Å². The van der Waals surface area contributed by atoms with E-state index in [4.69, 9.17) is 34.8 Å². The maximum atomic E-state index is 13.2. The molecule has 2 rings (SSSR count). The highest BCUT2D eigenvalue weighted by Crippen LogP contribution is 2.45. The lowest BCUT2D eigenvalue weighted by Gasteiger charge is -2.18. The van der Waals surface area contributed by atoms with Crippen LogP contribution in [0, 0.1) is 0 Å². The van der Waals surface area contributed by atoms with E-state index in [9.17, 15) is 13.2 Å². The number of halogens is 7. The maximum absolute atomic E-state index is 13.2. The fraction of sp³-hybridized carbons (Fsp3) is 0.143. The third-order valence-corrected chi connectivity index (χ3v) is 4.80. The minimum Gasteiger partial charge on any atom is -0.166 e. The summed E-state index contributed by atoms with van der Waals surface area (Å²) in [6, 6.07) is 6.83. The van der Waals surface area contributed by atoms with Crippen LogP contribution in [0.5, 0.6) is 0 Å². The monoisotopic (exact) mass is 416 g/mol. The predicted octanol–water partition coefficient (Wildman–Crippen LogP) is 7.23. The van der Waals surface area contributed by atoms with E-state index in [-0.39, 0.29) is 31.5 Å². The van der Waals surface area contributed by atoms with Gasteiger partial charge in [0.05, 0.1) is 20.6 Å². The van der Waals surface area contributed by atoms with Crippen molar-refractivity contribution >= 4 is 50.7 Å². The van der Waals surface area contributed by atoms with E-state index >= 15 is 0 Å². The molecule has 0 aromatic heterocycles. The molecule has 112 valence electrons. The Labute approximate surface area is 142 Å². The molecule has 0 spiro atoms. The molecule has 0 saturated carbocycles. The topological polar surface area (TPSA) is 0 Å². The SMILES string of the molecule is FC(F)(F)c1cccc(CBr)c1-c1ccc(Cl)c(Cl)c1Cl. The summed E-state index contributed by atoms with van der Waals surface area (Å²) in [4.78, 5) is 0. The van der Waals surface area contributed by atoms with Gasteiger partial charge in [0.2, 0.25) is 0 Å². The van der Waals surface area contributed by atoms with Gasteiger partial charge in [0.25, 0.3) is 0 Å². The quantitative estimate of drug-likeness (QED) is 0.357. The summed E-state index contributed by atoms with van der Waals surface area (Å²) < 4.78 is 39.7. The summed E-state index contributed by atoms with van der Waals surface area (Å²) in [5.41, 5.74) is -0.0938. The van der Waals surface area contributed by atoms with Gasteiger partial charge in [0, 0.05) is 10.9 Å². The Hall–Kier alpha value is -0.420. The number of alkyl halides is 4. The van der Waals surface area contributed by atoms with E-state index in [1.807, 2.05) is 0 Å². The second-order valence-corrected chi connectivity index (χ2v) is 5.92. The zero-order valence-corrected chi connectivity index (χ0v) is 14.1. The standard InChI is InChI=1S/C14H7BrCl3F3/c15-6-7-2-1-3-9(14(19,20)21)11(7)8-4-5-10(16)13(18)12(8)17/h1-5H,6H2. The van der Waals surface area contributed by atoms with Crippen molar-refractivity contribution in [3.05, 3.63) is 56.5 Å². The van der Waals surface area contributed by atoms with Crippen LogP contribution in [-0.4, -0.2) is 0 Å². The van der Waals surface area contributed by atoms with E-state index in [2.05, 4.69) is 15.9 Å². The first-order valence-electron chi connectivity index (χ1n) is 5.66. The molecular formula is C14H7BrCl3F3. The summed E-state index contributed by atoms with van der Waals surface area (Å²) in [5.74, 6) is 0. The van der Waals surface area contributed by atoms with Crippen LogP contribution in [0.3, 0.4) is 0 Å². The highest BCUT2D eigenvalue weighted by molar-refractivity contribution is 9.08. The number of rotatable bonds is 2. The zero-order chi connectivity index (χ0) is 15.8. The van der Waals surface area contributed by atoms with Crippen LogP contribution >= 0.6 is 50.7 Å².